The van der Waals surface area contributed by atoms with Crippen LogP contribution in [0.4, 0.5) is 0 Å². The molecule has 8 nitrogen and oxygen atoms in total. The first-order valence-electron chi connectivity index (χ1n) is 4.00. The van der Waals surface area contributed by atoms with Gasteiger partial charge >= 0.3 is 5.97 Å². The zero-order valence-corrected chi connectivity index (χ0v) is 7.19. The molecular weight excluding hydrogens is 188 g/mol. The number of nitrogens with zero attached hydrogens (tertiary/aromatic N) is 6. The lowest BCUT2D eigenvalue weighted by Gasteiger charge is -2.04. The van der Waals surface area contributed by atoms with Gasteiger partial charge < -0.3 is 5.11 Å². The van der Waals surface area contributed by atoms with Gasteiger partial charge in [-0.15, -0.1) is 0 Å². The number of aliphatic carboxylic acids is 1. The van der Waals surface area contributed by atoms with E-state index in [1.165, 1.54) is 0 Å². The Bertz CT molecular complexity index is 303. The Labute approximate surface area is 78.8 Å². The van der Waals surface area contributed by atoms with Crippen LogP contribution in [0.15, 0.2) is 10.2 Å². The van der Waals surface area contributed by atoms with Crippen LogP contribution in [0.3, 0.4) is 0 Å². The molecule has 1 saturated carbocycles. The standard InChI is InChI=1S/C6H8N6O2/c7-11-9-4-1-3(6(13)14)2-5(4)10-12-8/h3-5H,1-2H2,(H,13,14)/t4-,5-/m0/s1. The third-order valence-electron chi connectivity index (χ3n) is 2.25. The molecule has 2 atom stereocenters. The van der Waals surface area contributed by atoms with E-state index in [1.54, 1.807) is 0 Å². The van der Waals surface area contributed by atoms with Gasteiger partial charge in [0.1, 0.15) is 0 Å². The highest BCUT2D eigenvalue weighted by molar-refractivity contribution is 5.70. The van der Waals surface area contributed by atoms with Gasteiger partial charge in [-0.2, -0.15) is 0 Å². The molecule has 0 aromatic carbocycles. The minimum Gasteiger partial charge on any atom is -0.481 e. The predicted molar refractivity (Wildman–Crippen MR) is 46.2 cm³/mol. The van der Waals surface area contributed by atoms with Crippen molar-refractivity contribution >= 4 is 5.97 Å². The molecule has 0 aromatic rings. The van der Waals surface area contributed by atoms with Gasteiger partial charge in [0.05, 0.1) is 5.92 Å². The van der Waals surface area contributed by atoms with Gasteiger partial charge in [-0.05, 0) is 23.9 Å². The zero-order valence-electron chi connectivity index (χ0n) is 7.19. The summed E-state index contributed by atoms with van der Waals surface area (Å²) in [7, 11) is 0. The Hall–Kier alpha value is -1.91. The van der Waals surface area contributed by atoms with Crippen LogP contribution in [0.2, 0.25) is 0 Å². The quantitative estimate of drug-likeness (QED) is 0.418. The molecule has 74 valence electrons. The molecule has 1 fully saturated rings. The molecule has 1 aliphatic carbocycles. The van der Waals surface area contributed by atoms with Crippen LogP contribution in [0.5, 0.6) is 0 Å². The van der Waals surface area contributed by atoms with Crippen molar-refractivity contribution in [2.75, 3.05) is 0 Å². The first-order valence-corrected chi connectivity index (χ1v) is 4.00. The Morgan fingerprint density at radius 2 is 1.64 bits per heavy atom. The summed E-state index contributed by atoms with van der Waals surface area (Å²) in [5.41, 5.74) is 16.4. The monoisotopic (exact) mass is 196 g/mol. The largest absolute Gasteiger partial charge is 0.481 e. The Morgan fingerprint density at radius 3 is 1.93 bits per heavy atom. The number of rotatable bonds is 3. The van der Waals surface area contributed by atoms with Crippen molar-refractivity contribution in [3.63, 3.8) is 0 Å². The van der Waals surface area contributed by atoms with E-state index in [9.17, 15) is 4.79 Å². The van der Waals surface area contributed by atoms with Crippen LogP contribution in [-0.4, -0.2) is 23.2 Å². The second-order valence-electron chi connectivity index (χ2n) is 3.05. The highest BCUT2D eigenvalue weighted by Gasteiger charge is 2.36. The van der Waals surface area contributed by atoms with Gasteiger partial charge in [0.25, 0.3) is 0 Å². The summed E-state index contributed by atoms with van der Waals surface area (Å²) >= 11 is 0. The Balaban J connectivity index is 2.79. The van der Waals surface area contributed by atoms with Crippen molar-refractivity contribution in [1.82, 2.24) is 0 Å². The van der Waals surface area contributed by atoms with Gasteiger partial charge in [-0.1, -0.05) is 10.2 Å². The van der Waals surface area contributed by atoms with Gasteiger partial charge in [0.15, 0.2) is 0 Å². The number of carboxylic acid groups (broad SMARTS) is 1. The third kappa shape index (κ3) is 2.07. The Kier molecular flexibility index (Phi) is 3.17. The average molecular weight is 196 g/mol. The number of carboxylic acids is 1. The molecule has 0 amide bonds. The summed E-state index contributed by atoms with van der Waals surface area (Å²) < 4.78 is 0. The van der Waals surface area contributed by atoms with Crippen molar-refractivity contribution in [2.45, 2.75) is 24.9 Å². The van der Waals surface area contributed by atoms with E-state index in [4.69, 9.17) is 16.2 Å². The van der Waals surface area contributed by atoms with E-state index in [0.29, 0.717) is 0 Å². The van der Waals surface area contributed by atoms with Crippen molar-refractivity contribution in [1.29, 1.82) is 0 Å². The highest BCUT2D eigenvalue weighted by Crippen LogP contribution is 2.31. The van der Waals surface area contributed by atoms with Crippen molar-refractivity contribution in [2.24, 2.45) is 16.1 Å². The van der Waals surface area contributed by atoms with Gasteiger partial charge in [0, 0.05) is 21.9 Å². The lowest BCUT2D eigenvalue weighted by molar-refractivity contribution is -0.141. The summed E-state index contributed by atoms with van der Waals surface area (Å²) in [5.74, 6) is -1.53. The minimum atomic E-state index is -0.946. The second-order valence-corrected chi connectivity index (χ2v) is 3.05. The number of azide groups is 2. The molecule has 14 heavy (non-hydrogen) atoms. The molecule has 8 heteroatoms. The van der Waals surface area contributed by atoms with Crippen molar-refractivity contribution in [3.05, 3.63) is 20.9 Å². The Morgan fingerprint density at radius 1 is 1.21 bits per heavy atom. The maximum atomic E-state index is 10.6. The first kappa shape index (κ1) is 10.2. The van der Waals surface area contributed by atoms with Gasteiger partial charge in [-0.25, -0.2) is 0 Å². The summed E-state index contributed by atoms with van der Waals surface area (Å²) in [5, 5.41) is 15.5. The summed E-state index contributed by atoms with van der Waals surface area (Å²) in [4.78, 5) is 15.8. The molecular formula is C6H8N6O2. The fourth-order valence-corrected chi connectivity index (χ4v) is 1.58. The summed E-state index contributed by atoms with van der Waals surface area (Å²) in [6, 6.07) is -1.06. The summed E-state index contributed by atoms with van der Waals surface area (Å²) in [6.07, 6.45) is 0.478. The minimum absolute atomic E-state index is 0.239. The lowest BCUT2D eigenvalue weighted by Crippen LogP contribution is -2.12. The molecule has 0 heterocycles. The normalized spacial score (nSPS) is 30.1. The van der Waals surface area contributed by atoms with Crippen molar-refractivity contribution < 1.29 is 9.90 Å². The van der Waals surface area contributed by atoms with Crippen LogP contribution in [0.25, 0.3) is 20.9 Å². The SMILES string of the molecule is [N-]=[N+]=N[C@H]1CC(C(=O)O)C[C@@H]1N=[N+]=[N-]. The molecule has 1 aliphatic rings. The van der Waals surface area contributed by atoms with Crippen LogP contribution >= 0.6 is 0 Å². The fraction of sp³-hybridized carbons (Fsp3) is 0.833. The van der Waals surface area contributed by atoms with Crippen LogP contribution in [-0.2, 0) is 4.79 Å². The van der Waals surface area contributed by atoms with Crippen molar-refractivity contribution in [3.8, 4) is 0 Å². The van der Waals surface area contributed by atoms with Crippen LogP contribution in [0, 0.1) is 5.92 Å². The molecule has 0 spiro atoms. The lowest BCUT2D eigenvalue weighted by atomic mass is 10.1. The molecule has 0 unspecified atom stereocenters. The molecule has 1 N–H and O–H groups in total. The molecule has 0 aromatic heterocycles. The molecule has 0 saturated heterocycles. The fourth-order valence-electron chi connectivity index (χ4n) is 1.58. The van der Waals surface area contributed by atoms with E-state index in [1.807, 2.05) is 0 Å². The first-order chi connectivity index (χ1) is 6.69. The maximum Gasteiger partial charge on any atom is 0.306 e. The summed E-state index contributed by atoms with van der Waals surface area (Å²) in [6.45, 7) is 0. The molecule has 0 radical (unpaired) electrons. The van der Waals surface area contributed by atoms with Gasteiger partial charge in [0.2, 0.25) is 0 Å². The van der Waals surface area contributed by atoms with Crippen LogP contribution in [0.1, 0.15) is 12.8 Å². The van der Waals surface area contributed by atoms with E-state index >= 15 is 0 Å². The molecule has 1 rings (SSSR count). The molecule has 0 aliphatic heterocycles. The smallest absolute Gasteiger partial charge is 0.306 e. The number of hydrogen-bond donors (Lipinski definition) is 1. The highest BCUT2D eigenvalue weighted by atomic mass is 16.4. The predicted octanol–water partition coefficient (Wildman–Crippen LogP) is 1.84. The number of hydrogen-bond acceptors (Lipinski definition) is 3. The number of carbonyl (C=O) groups is 1. The van der Waals surface area contributed by atoms with Crippen LogP contribution < -0.4 is 0 Å². The zero-order chi connectivity index (χ0) is 10.6. The van der Waals surface area contributed by atoms with Gasteiger partial charge in [-0.3, -0.25) is 4.79 Å². The van der Waals surface area contributed by atoms with E-state index < -0.39 is 24.0 Å². The second kappa shape index (κ2) is 4.36. The molecule has 0 bridgehead atoms. The third-order valence-corrected chi connectivity index (χ3v) is 2.25. The topological polar surface area (TPSA) is 135 Å². The average Bonchev–Trinajstić information content (AvgIpc) is 2.50. The van der Waals surface area contributed by atoms with E-state index in [-0.39, 0.29) is 12.8 Å². The van der Waals surface area contributed by atoms with E-state index in [0.717, 1.165) is 0 Å². The van der Waals surface area contributed by atoms with E-state index in [2.05, 4.69) is 20.1 Å². The maximum absolute atomic E-state index is 10.6.